The van der Waals surface area contributed by atoms with Gasteiger partial charge in [0.2, 0.25) is 5.91 Å². The molecule has 1 aromatic rings. The first kappa shape index (κ1) is 17.5. The van der Waals surface area contributed by atoms with Crippen molar-refractivity contribution in [3.8, 4) is 0 Å². The van der Waals surface area contributed by atoms with Gasteiger partial charge in [-0.1, -0.05) is 13.8 Å². The van der Waals surface area contributed by atoms with Crippen LogP contribution >= 0.6 is 11.3 Å². The van der Waals surface area contributed by atoms with Crippen molar-refractivity contribution in [1.82, 2.24) is 10.2 Å². The molecular weight excluding hydrogens is 320 g/mol. The highest BCUT2D eigenvalue weighted by atomic mass is 32.1. The first-order valence-electron chi connectivity index (χ1n) is 9.20. The smallest absolute Gasteiger partial charge is 0.264 e. The standard InChI is InChI=1S/C19H28N2O2S/c1-13(2)5-9-20-18(22)15-6-10-21(11-7-15)19(23)17-16(8-12-24-17)14-3-4-14/h8,12-15H,3-7,9-11H2,1-2H3,(H,20,22). The Morgan fingerprint density at radius 3 is 2.58 bits per heavy atom. The van der Waals surface area contributed by atoms with Gasteiger partial charge in [-0.15, -0.1) is 11.3 Å². The average Bonchev–Trinajstić information content (AvgIpc) is 3.30. The number of nitrogens with zero attached hydrogens (tertiary/aromatic N) is 1. The second-order valence-corrected chi connectivity index (χ2v) is 8.44. The minimum absolute atomic E-state index is 0.0625. The number of carbonyl (C=O) groups excluding carboxylic acids is 2. The van der Waals surface area contributed by atoms with Crippen molar-refractivity contribution in [2.75, 3.05) is 19.6 Å². The average molecular weight is 349 g/mol. The summed E-state index contributed by atoms with van der Waals surface area (Å²) in [5, 5.41) is 5.08. The third kappa shape index (κ3) is 4.18. The van der Waals surface area contributed by atoms with Crippen molar-refractivity contribution in [2.24, 2.45) is 11.8 Å². The van der Waals surface area contributed by atoms with Crippen LogP contribution in [0.25, 0.3) is 0 Å². The van der Waals surface area contributed by atoms with Crippen LogP contribution in [0.1, 0.15) is 67.1 Å². The van der Waals surface area contributed by atoms with Crippen molar-refractivity contribution in [2.45, 2.75) is 51.9 Å². The summed E-state index contributed by atoms with van der Waals surface area (Å²) in [6, 6.07) is 2.12. The highest BCUT2D eigenvalue weighted by Gasteiger charge is 2.32. The van der Waals surface area contributed by atoms with Gasteiger partial charge in [0.25, 0.3) is 5.91 Å². The summed E-state index contributed by atoms with van der Waals surface area (Å²) in [6.45, 7) is 6.48. The molecule has 24 heavy (non-hydrogen) atoms. The first-order valence-corrected chi connectivity index (χ1v) is 10.1. The lowest BCUT2D eigenvalue weighted by Gasteiger charge is -2.31. The molecule has 0 spiro atoms. The van der Waals surface area contributed by atoms with Crippen LogP contribution in [0, 0.1) is 11.8 Å². The third-order valence-corrected chi connectivity index (χ3v) is 6.00. The van der Waals surface area contributed by atoms with E-state index >= 15 is 0 Å². The maximum absolute atomic E-state index is 12.8. The predicted molar refractivity (Wildman–Crippen MR) is 97.4 cm³/mol. The van der Waals surface area contributed by atoms with Gasteiger partial charge in [0.15, 0.2) is 0 Å². The Morgan fingerprint density at radius 2 is 1.96 bits per heavy atom. The highest BCUT2D eigenvalue weighted by molar-refractivity contribution is 7.12. The number of hydrogen-bond acceptors (Lipinski definition) is 3. The van der Waals surface area contributed by atoms with Gasteiger partial charge in [-0.2, -0.15) is 0 Å². The number of hydrogen-bond donors (Lipinski definition) is 1. The summed E-state index contributed by atoms with van der Waals surface area (Å²) in [5.41, 5.74) is 1.25. The maximum Gasteiger partial charge on any atom is 0.264 e. The Bertz CT molecular complexity index is 584. The fourth-order valence-electron chi connectivity index (χ4n) is 3.33. The molecule has 3 rings (SSSR count). The van der Waals surface area contributed by atoms with Crippen LogP contribution in [0.15, 0.2) is 11.4 Å². The van der Waals surface area contributed by atoms with Crippen LogP contribution in [0.2, 0.25) is 0 Å². The van der Waals surface area contributed by atoms with Gasteiger partial charge in [-0.05, 0) is 60.9 Å². The quantitative estimate of drug-likeness (QED) is 0.853. The SMILES string of the molecule is CC(C)CCNC(=O)C1CCN(C(=O)c2sccc2C2CC2)CC1. The molecule has 0 radical (unpaired) electrons. The van der Waals surface area contributed by atoms with E-state index in [-0.39, 0.29) is 17.7 Å². The van der Waals surface area contributed by atoms with Crippen molar-refractivity contribution < 1.29 is 9.59 Å². The normalized spacial score (nSPS) is 18.9. The van der Waals surface area contributed by atoms with E-state index in [0.29, 0.717) is 24.9 Å². The second-order valence-electron chi connectivity index (χ2n) is 7.52. The van der Waals surface area contributed by atoms with E-state index in [1.807, 2.05) is 10.3 Å². The predicted octanol–water partition coefficient (Wildman–Crippen LogP) is 3.64. The minimum Gasteiger partial charge on any atom is -0.356 e. The molecule has 1 saturated carbocycles. The number of carbonyl (C=O) groups is 2. The molecule has 2 amide bonds. The monoisotopic (exact) mass is 348 g/mol. The molecule has 2 aliphatic rings. The Kier molecular flexibility index (Phi) is 5.59. The van der Waals surface area contributed by atoms with E-state index in [4.69, 9.17) is 0 Å². The van der Waals surface area contributed by atoms with Gasteiger partial charge in [0.1, 0.15) is 0 Å². The van der Waals surface area contributed by atoms with Gasteiger partial charge in [-0.25, -0.2) is 0 Å². The van der Waals surface area contributed by atoms with Gasteiger partial charge in [0.05, 0.1) is 4.88 Å². The number of amides is 2. The number of rotatable bonds is 6. The molecule has 0 bridgehead atoms. The molecule has 1 aliphatic heterocycles. The molecule has 2 fully saturated rings. The number of thiophene rings is 1. The zero-order chi connectivity index (χ0) is 17.1. The number of nitrogens with one attached hydrogen (secondary N) is 1. The summed E-state index contributed by atoms with van der Waals surface area (Å²) in [7, 11) is 0. The van der Waals surface area contributed by atoms with Crippen LogP contribution in [0.5, 0.6) is 0 Å². The molecular formula is C19H28N2O2S. The van der Waals surface area contributed by atoms with Crippen molar-refractivity contribution in [3.05, 3.63) is 21.9 Å². The van der Waals surface area contributed by atoms with Crippen molar-refractivity contribution in [3.63, 3.8) is 0 Å². The first-order chi connectivity index (χ1) is 11.6. The molecule has 0 atom stereocenters. The number of likely N-dealkylation sites (tertiary alicyclic amines) is 1. The summed E-state index contributed by atoms with van der Waals surface area (Å²) in [4.78, 5) is 27.9. The molecule has 5 heteroatoms. The van der Waals surface area contributed by atoms with E-state index < -0.39 is 0 Å². The van der Waals surface area contributed by atoms with E-state index in [1.165, 1.54) is 18.4 Å². The zero-order valence-electron chi connectivity index (χ0n) is 14.7. The summed E-state index contributed by atoms with van der Waals surface area (Å²) in [6.07, 6.45) is 5.02. The molecule has 1 N–H and O–H groups in total. The lowest BCUT2D eigenvalue weighted by Crippen LogP contribution is -2.43. The van der Waals surface area contributed by atoms with E-state index in [9.17, 15) is 9.59 Å². The Morgan fingerprint density at radius 1 is 1.25 bits per heavy atom. The molecule has 132 valence electrons. The topological polar surface area (TPSA) is 49.4 Å². The fourth-order valence-corrected chi connectivity index (χ4v) is 4.28. The van der Waals surface area contributed by atoms with Crippen LogP contribution < -0.4 is 5.32 Å². The second kappa shape index (κ2) is 7.68. The maximum atomic E-state index is 12.8. The minimum atomic E-state index is 0.0625. The fraction of sp³-hybridized carbons (Fsp3) is 0.684. The summed E-state index contributed by atoms with van der Waals surface area (Å²) >= 11 is 1.57. The lowest BCUT2D eigenvalue weighted by molar-refractivity contribution is -0.126. The summed E-state index contributed by atoms with van der Waals surface area (Å²) in [5.74, 6) is 1.62. The van der Waals surface area contributed by atoms with E-state index in [1.54, 1.807) is 11.3 Å². The van der Waals surface area contributed by atoms with Crippen molar-refractivity contribution in [1.29, 1.82) is 0 Å². The lowest BCUT2D eigenvalue weighted by atomic mass is 9.95. The van der Waals surface area contributed by atoms with Crippen LogP contribution in [0.4, 0.5) is 0 Å². The van der Waals surface area contributed by atoms with E-state index in [2.05, 4.69) is 25.2 Å². The Labute approximate surface area is 148 Å². The highest BCUT2D eigenvalue weighted by Crippen LogP contribution is 2.43. The number of piperidine rings is 1. The van der Waals surface area contributed by atoms with Crippen LogP contribution in [0.3, 0.4) is 0 Å². The van der Waals surface area contributed by atoms with Crippen LogP contribution in [-0.4, -0.2) is 36.3 Å². The van der Waals surface area contributed by atoms with Gasteiger partial charge in [0, 0.05) is 25.6 Å². The Hall–Kier alpha value is -1.36. The molecule has 0 unspecified atom stereocenters. The van der Waals surface area contributed by atoms with Crippen molar-refractivity contribution >= 4 is 23.2 Å². The third-order valence-electron chi connectivity index (χ3n) is 5.08. The molecule has 1 saturated heterocycles. The van der Waals surface area contributed by atoms with Gasteiger partial charge < -0.3 is 10.2 Å². The van der Waals surface area contributed by atoms with Crippen LogP contribution in [-0.2, 0) is 4.79 Å². The van der Waals surface area contributed by atoms with Gasteiger partial charge in [-0.3, -0.25) is 9.59 Å². The summed E-state index contributed by atoms with van der Waals surface area (Å²) < 4.78 is 0. The molecule has 0 aromatic carbocycles. The Balaban J connectivity index is 1.48. The largest absolute Gasteiger partial charge is 0.356 e. The zero-order valence-corrected chi connectivity index (χ0v) is 15.5. The van der Waals surface area contributed by atoms with E-state index in [0.717, 1.165) is 30.7 Å². The molecule has 1 aromatic heterocycles. The molecule has 2 heterocycles. The molecule has 1 aliphatic carbocycles. The molecule has 4 nitrogen and oxygen atoms in total. The van der Waals surface area contributed by atoms with Gasteiger partial charge >= 0.3 is 0 Å².